The van der Waals surface area contributed by atoms with Gasteiger partial charge in [-0.3, -0.25) is 0 Å². The molecule has 100 valence electrons. The van der Waals surface area contributed by atoms with Crippen LogP contribution < -0.4 is 5.32 Å². The molecule has 2 aromatic rings. The maximum atomic E-state index is 4.59. The average molecular weight is 255 g/mol. The van der Waals surface area contributed by atoms with E-state index in [2.05, 4.69) is 22.2 Å². The first-order valence-electron chi connectivity index (χ1n) is 7.31. The molecule has 0 bridgehead atoms. The van der Waals surface area contributed by atoms with Gasteiger partial charge in [-0.15, -0.1) is 0 Å². The molecule has 1 aromatic heterocycles. The monoisotopic (exact) mass is 255 g/mol. The molecular weight excluding hydrogens is 234 g/mol. The maximum Gasteiger partial charge on any atom is 0.223 e. The zero-order valence-corrected chi connectivity index (χ0v) is 11.5. The molecule has 0 aliphatic heterocycles. The second kappa shape index (κ2) is 5.55. The van der Waals surface area contributed by atoms with Crippen LogP contribution in [0.15, 0.2) is 30.5 Å². The van der Waals surface area contributed by atoms with Gasteiger partial charge >= 0.3 is 0 Å². The molecule has 19 heavy (non-hydrogen) atoms. The minimum Gasteiger partial charge on any atom is -0.351 e. The van der Waals surface area contributed by atoms with E-state index in [1.807, 2.05) is 30.5 Å². The molecule has 1 aliphatic carbocycles. The molecule has 1 aromatic carbocycles. The molecule has 1 heterocycles. The Morgan fingerprint density at radius 3 is 2.79 bits per heavy atom. The molecule has 1 atom stereocenters. The molecule has 1 fully saturated rings. The summed E-state index contributed by atoms with van der Waals surface area (Å²) in [7, 11) is 0. The summed E-state index contributed by atoms with van der Waals surface area (Å²) in [5.41, 5.74) is 1.01. The van der Waals surface area contributed by atoms with E-state index in [-0.39, 0.29) is 0 Å². The van der Waals surface area contributed by atoms with Gasteiger partial charge in [0, 0.05) is 17.6 Å². The summed E-state index contributed by atoms with van der Waals surface area (Å²) in [5.74, 6) is 1.53. The highest BCUT2D eigenvalue weighted by Crippen LogP contribution is 2.27. The lowest BCUT2D eigenvalue weighted by Gasteiger charge is -2.28. The third kappa shape index (κ3) is 2.86. The van der Waals surface area contributed by atoms with E-state index in [0.29, 0.717) is 6.04 Å². The van der Waals surface area contributed by atoms with E-state index in [1.54, 1.807) is 0 Å². The number of hydrogen-bond donors (Lipinski definition) is 1. The normalized spacial score (nSPS) is 18.4. The van der Waals surface area contributed by atoms with Gasteiger partial charge in [0.15, 0.2) is 0 Å². The van der Waals surface area contributed by atoms with Crippen molar-refractivity contribution in [3.05, 3.63) is 30.5 Å². The summed E-state index contributed by atoms with van der Waals surface area (Å²) in [6.07, 6.45) is 8.71. The van der Waals surface area contributed by atoms with Gasteiger partial charge in [-0.05, 0) is 31.7 Å². The van der Waals surface area contributed by atoms with Gasteiger partial charge in [0.1, 0.15) is 0 Å². The smallest absolute Gasteiger partial charge is 0.223 e. The van der Waals surface area contributed by atoms with Crippen LogP contribution in [0.2, 0.25) is 0 Å². The molecule has 0 radical (unpaired) electrons. The van der Waals surface area contributed by atoms with Gasteiger partial charge in [-0.25, -0.2) is 9.97 Å². The Hall–Kier alpha value is -1.64. The molecule has 1 aliphatic rings. The van der Waals surface area contributed by atoms with Crippen LogP contribution >= 0.6 is 0 Å². The highest BCUT2D eigenvalue weighted by atomic mass is 15.1. The van der Waals surface area contributed by atoms with Crippen LogP contribution in [0.25, 0.3) is 10.9 Å². The Bertz CT molecular complexity index is 546. The van der Waals surface area contributed by atoms with E-state index in [1.165, 1.54) is 32.1 Å². The Morgan fingerprint density at radius 2 is 1.95 bits per heavy atom. The van der Waals surface area contributed by atoms with E-state index in [0.717, 1.165) is 22.8 Å². The summed E-state index contributed by atoms with van der Waals surface area (Å²) >= 11 is 0. The number of nitrogens with one attached hydrogen (secondary N) is 1. The van der Waals surface area contributed by atoms with Crippen LogP contribution in [0, 0.1) is 5.92 Å². The Balaban J connectivity index is 1.73. The van der Waals surface area contributed by atoms with Gasteiger partial charge in [0.25, 0.3) is 0 Å². The molecule has 0 amide bonds. The van der Waals surface area contributed by atoms with Crippen molar-refractivity contribution in [1.29, 1.82) is 0 Å². The molecule has 1 saturated carbocycles. The van der Waals surface area contributed by atoms with Crippen LogP contribution in [0.5, 0.6) is 0 Å². The number of benzene rings is 1. The predicted molar refractivity (Wildman–Crippen MR) is 79.2 cm³/mol. The van der Waals surface area contributed by atoms with E-state index in [9.17, 15) is 0 Å². The Morgan fingerprint density at radius 1 is 1.16 bits per heavy atom. The number of anilines is 1. The second-order valence-electron chi connectivity index (χ2n) is 5.58. The fraction of sp³-hybridized carbons (Fsp3) is 0.500. The summed E-state index contributed by atoms with van der Waals surface area (Å²) < 4.78 is 0. The molecular formula is C16H21N3. The van der Waals surface area contributed by atoms with Gasteiger partial charge in [0.05, 0.1) is 5.52 Å². The minimum absolute atomic E-state index is 0.460. The summed E-state index contributed by atoms with van der Waals surface area (Å²) in [5, 5.41) is 4.58. The van der Waals surface area contributed by atoms with E-state index < -0.39 is 0 Å². The third-order valence-corrected chi connectivity index (χ3v) is 4.20. The highest BCUT2D eigenvalue weighted by molar-refractivity contribution is 5.78. The van der Waals surface area contributed by atoms with Crippen LogP contribution in [0.4, 0.5) is 5.95 Å². The topological polar surface area (TPSA) is 37.8 Å². The molecule has 1 N–H and O–H groups in total. The number of nitrogens with zero attached hydrogens (tertiary/aromatic N) is 2. The molecule has 0 saturated heterocycles. The number of fused-ring (bicyclic) bond motifs is 1. The van der Waals surface area contributed by atoms with Crippen molar-refractivity contribution in [1.82, 2.24) is 9.97 Å². The van der Waals surface area contributed by atoms with Crippen molar-refractivity contribution < 1.29 is 0 Å². The number of hydrogen-bond acceptors (Lipinski definition) is 3. The first-order valence-corrected chi connectivity index (χ1v) is 7.31. The molecule has 3 nitrogen and oxygen atoms in total. The van der Waals surface area contributed by atoms with Gasteiger partial charge in [-0.1, -0.05) is 37.5 Å². The van der Waals surface area contributed by atoms with Crippen molar-refractivity contribution in [2.45, 2.75) is 45.1 Å². The number of rotatable bonds is 3. The van der Waals surface area contributed by atoms with E-state index in [4.69, 9.17) is 0 Å². The molecule has 1 unspecified atom stereocenters. The van der Waals surface area contributed by atoms with Crippen LogP contribution in [-0.2, 0) is 0 Å². The third-order valence-electron chi connectivity index (χ3n) is 4.20. The van der Waals surface area contributed by atoms with Crippen molar-refractivity contribution in [2.75, 3.05) is 5.32 Å². The number of aromatic nitrogens is 2. The zero-order chi connectivity index (χ0) is 13.1. The quantitative estimate of drug-likeness (QED) is 0.900. The minimum atomic E-state index is 0.460. The fourth-order valence-electron chi connectivity index (χ4n) is 3.00. The van der Waals surface area contributed by atoms with Crippen LogP contribution in [-0.4, -0.2) is 16.0 Å². The average Bonchev–Trinajstić information content (AvgIpc) is 2.48. The van der Waals surface area contributed by atoms with Gasteiger partial charge < -0.3 is 5.32 Å². The zero-order valence-electron chi connectivity index (χ0n) is 11.5. The highest BCUT2D eigenvalue weighted by Gasteiger charge is 2.20. The second-order valence-corrected chi connectivity index (χ2v) is 5.58. The van der Waals surface area contributed by atoms with Crippen LogP contribution in [0.1, 0.15) is 39.0 Å². The lowest BCUT2D eigenvalue weighted by atomic mass is 9.85. The maximum absolute atomic E-state index is 4.59. The van der Waals surface area contributed by atoms with Crippen molar-refractivity contribution in [3.63, 3.8) is 0 Å². The van der Waals surface area contributed by atoms with Gasteiger partial charge in [-0.2, -0.15) is 0 Å². The van der Waals surface area contributed by atoms with Crippen LogP contribution in [0.3, 0.4) is 0 Å². The largest absolute Gasteiger partial charge is 0.351 e. The lowest BCUT2D eigenvalue weighted by Crippen LogP contribution is -2.28. The van der Waals surface area contributed by atoms with E-state index >= 15 is 0 Å². The van der Waals surface area contributed by atoms with Crippen molar-refractivity contribution in [2.24, 2.45) is 5.92 Å². The SMILES string of the molecule is CC(Nc1ncc2ccccc2n1)C1CCCCC1. The van der Waals surface area contributed by atoms with Crippen molar-refractivity contribution >= 4 is 16.9 Å². The standard InChI is InChI=1S/C16H21N3/c1-12(13-7-3-2-4-8-13)18-16-17-11-14-9-5-6-10-15(14)19-16/h5-6,9-13H,2-4,7-8H2,1H3,(H,17,18,19). The summed E-state index contributed by atoms with van der Waals surface area (Å²) in [4.78, 5) is 9.01. The van der Waals surface area contributed by atoms with Gasteiger partial charge in [0.2, 0.25) is 5.95 Å². The van der Waals surface area contributed by atoms with Crippen molar-refractivity contribution in [3.8, 4) is 0 Å². The predicted octanol–water partition coefficient (Wildman–Crippen LogP) is 4.01. The summed E-state index contributed by atoms with van der Waals surface area (Å²) in [6, 6.07) is 8.58. The Labute approximate surface area is 114 Å². The summed E-state index contributed by atoms with van der Waals surface area (Å²) in [6.45, 7) is 2.26. The first-order chi connectivity index (χ1) is 9.33. The molecule has 3 rings (SSSR count). The lowest BCUT2D eigenvalue weighted by molar-refractivity contribution is 0.327. The molecule has 3 heteroatoms. The fourth-order valence-corrected chi connectivity index (χ4v) is 3.00. The first kappa shape index (κ1) is 12.4. The Kier molecular flexibility index (Phi) is 3.62. The molecule has 0 spiro atoms. The number of para-hydroxylation sites is 1.